The Morgan fingerprint density at radius 1 is 1.11 bits per heavy atom. The van der Waals surface area contributed by atoms with Gasteiger partial charge in [-0.15, -0.1) is 0 Å². The van der Waals surface area contributed by atoms with Crippen molar-refractivity contribution in [2.24, 2.45) is 11.8 Å². The number of hydrogen-bond acceptors (Lipinski definition) is 3. The molecule has 1 aliphatic rings. The van der Waals surface area contributed by atoms with Gasteiger partial charge >= 0.3 is 0 Å². The third-order valence-electron chi connectivity index (χ3n) is 5.28. The Hall–Kier alpha value is -2.49. The van der Waals surface area contributed by atoms with Crippen molar-refractivity contribution in [3.63, 3.8) is 0 Å². The molecule has 3 atom stereocenters. The lowest BCUT2D eigenvalue weighted by molar-refractivity contribution is -0.123. The Balaban J connectivity index is 1.75. The van der Waals surface area contributed by atoms with Gasteiger partial charge in [-0.1, -0.05) is 50.2 Å². The molecule has 0 aromatic heterocycles. The van der Waals surface area contributed by atoms with Gasteiger partial charge in [-0.05, 0) is 49.3 Å². The zero-order valence-corrected chi connectivity index (χ0v) is 17.3. The summed E-state index contributed by atoms with van der Waals surface area (Å²) in [4.78, 5) is 13.0. The topological polar surface area (TPSA) is 47.6 Å². The van der Waals surface area contributed by atoms with Crippen LogP contribution in [0.15, 0.2) is 48.5 Å². The summed E-state index contributed by atoms with van der Waals surface area (Å²) in [6, 6.07) is 16.0. The first kappa shape index (κ1) is 20.2. The summed E-state index contributed by atoms with van der Waals surface area (Å²) < 4.78 is 11.3. The molecular weight excluding hydrogens is 350 g/mol. The van der Waals surface area contributed by atoms with E-state index in [2.05, 4.69) is 31.3 Å². The van der Waals surface area contributed by atoms with Gasteiger partial charge in [0.05, 0.1) is 19.8 Å². The second-order valence-corrected chi connectivity index (χ2v) is 7.85. The zero-order chi connectivity index (χ0) is 20.1. The van der Waals surface area contributed by atoms with E-state index in [0.29, 0.717) is 12.5 Å². The van der Waals surface area contributed by atoms with Crippen molar-refractivity contribution in [2.75, 3.05) is 13.7 Å². The van der Waals surface area contributed by atoms with Crippen LogP contribution >= 0.6 is 0 Å². The van der Waals surface area contributed by atoms with Crippen LogP contribution in [-0.2, 0) is 4.79 Å². The molecule has 150 valence electrons. The molecule has 1 N–H and O–H groups in total. The quantitative estimate of drug-likeness (QED) is 0.657. The van der Waals surface area contributed by atoms with Crippen LogP contribution in [0.5, 0.6) is 11.5 Å². The van der Waals surface area contributed by atoms with Crippen LogP contribution in [0.1, 0.15) is 56.7 Å². The third-order valence-corrected chi connectivity index (χ3v) is 5.28. The molecule has 1 saturated carbocycles. The predicted octanol–water partition coefficient (Wildman–Crippen LogP) is 5.10. The highest BCUT2D eigenvalue weighted by molar-refractivity contribution is 5.83. The molecule has 28 heavy (non-hydrogen) atoms. The fourth-order valence-corrected chi connectivity index (χ4v) is 3.87. The first-order chi connectivity index (χ1) is 13.5. The van der Waals surface area contributed by atoms with Crippen LogP contribution in [0, 0.1) is 11.8 Å². The molecule has 1 fully saturated rings. The molecular formula is C24H31NO3. The molecule has 4 heteroatoms. The number of benzene rings is 2. The molecule has 0 heterocycles. The number of amides is 1. The normalized spacial score (nSPS) is 19.2. The Morgan fingerprint density at radius 3 is 2.46 bits per heavy atom. The van der Waals surface area contributed by atoms with Crippen LogP contribution in [0.3, 0.4) is 0 Å². The van der Waals surface area contributed by atoms with E-state index in [9.17, 15) is 4.79 Å². The largest absolute Gasteiger partial charge is 0.496 e. The first-order valence-electron chi connectivity index (χ1n) is 10.2. The fraction of sp³-hybridized carbons (Fsp3) is 0.458. The van der Waals surface area contributed by atoms with Crippen molar-refractivity contribution >= 4 is 5.91 Å². The van der Waals surface area contributed by atoms with Gasteiger partial charge in [0.15, 0.2) is 0 Å². The maximum Gasteiger partial charge on any atom is 0.224 e. The number of methoxy groups -OCH3 is 1. The number of rotatable bonds is 9. The van der Waals surface area contributed by atoms with Gasteiger partial charge in [0.1, 0.15) is 11.5 Å². The van der Waals surface area contributed by atoms with E-state index in [0.717, 1.165) is 35.5 Å². The average molecular weight is 382 g/mol. The predicted molar refractivity (Wildman–Crippen MR) is 112 cm³/mol. The highest BCUT2D eigenvalue weighted by atomic mass is 16.5. The SMILES string of the molecule is CCOc1ccccc1[C@H](CC(C)C)NC(=O)[C@H]1C[C@H]1c1ccccc1OC. The Morgan fingerprint density at radius 2 is 1.79 bits per heavy atom. The average Bonchev–Trinajstić information content (AvgIpc) is 3.48. The molecule has 0 spiro atoms. The number of nitrogens with one attached hydrogen (secondary N) is 1. The summed E-state index contributed by atoms with van der Waals surface area (Å²) in [5, 5.41) is 3.30. The molecule has 0 aliphatic heterocycles. The lowest BCUT2D eigenvalue weighted by Gasteiger charge is -2.23. The van der Waals surface area contributed by atoms with Gasteiger partial charge in [-0.2, -0.15) is 0 Å². The second-order valence-electron chi connectivity index (χ2n) is 7.85. The minimum Gasteiger partial charge on any atom is -0.496 e. The Kier molecular flexibility index (Phi) is 6.61. The summed E-state index contributed by atoms with van der Waals surface area (Å²) in [5.74, 6) is 2.54. The van der Waals surface area contributed by atoms with Crippen molar-refractivity contribution in [1.82, 2.24) is 5.32 Å². The molecule has 1 amide bonds. The maximum atomic E-state index is 13.0. The van der Waals surface area contributed by atoms with Crippen molar-refractivity contribution in [3.05, 3.63) is 59.7 Å². The number of ether oxygens (including phenoxy) is 2. The van der Waals surface area contributed by atoms with Crippen molar-refractivity contribution in [1.29, 1.82) is 0 Å². The van der Waals surface area contributed by atoms with E-state index in [4.69, 9.17) is 9.47 Å². The second kappa shape index (κ2) is 9.13. The Bertz CT molecular complexity index is 802. The van der Waals surface area contributed by atoms with Crippen LogP contribution in [0.4, 0.5) is 0 Å². The zero-order valence-electron chi connectivity index (χ0n) is 17.3. The van der Waals surface area contributed by atoms with Crippen LogP contribution < -0.4 is 14.8 Å². The fourth-order valence-electron chi connectivity index (χ4n) is 3.87. The van der Waals surface area contributed by atoms with E-state index in [1.54, 1.807) is 7.11 Å². The van der Waals surface area contributed by atoms with Crippen LogP contribution in [0.25, 0.3) is 0 Å². The van der Waals surface area contributed by atoms with E-state index < -0.39 is 0 Å². The molecule has 2 aromatic carbocycles. The van der Waals surface area contributed by atoms with Gasteiger partial charge in [0.25, 0.3) is 0 Å². The van der Waals surface area contributed by atoms with Crippen molar-refractivity contribution < 1.29 is 14.3 Å². The van der Waals surface area contributed by atoms with Gasteiger partial charge in [-0.3, -0.25) is 4.79 Å². The van der Waals surface area contributed by atoms with E-state index in [-0.39, 0.29) is 23.8 Å². The molecule has 1 aliphatic carbocycles. The molecule has 0 saturated heterocycles. The maximum absolute atomic E-state index is 13.0. The number of carbonyl (C=O) groups excluding carboxylic acids is 1. The lowest BCUT2D eigenvalue weighted by Crippen LogP contribution is -2.31. The number of para-hydroxylation sites is 2. The van der Waals surface area contributed by atoms with Crippen molar-refractivity contribution in [3.8, 4) is 11.5 Å². The molecule has 0 unspecified atom stereocenters. The minimum atomic E-state index is -0.0471. The van der Waals surface area contributed by atoms with E-state index >= 15 is 0 Å². The first-order valence-corrected chi connectivity index (χ1v) is 10.2. The minimum absolute atomic E-state index is 0.00483. The van der Waals surface area contributed by atoms with E-state index in [1.165, 1.54) is 0 Å². The highest BCUT2D eigenvalue weighted by Crippen LogP contribution is 2.50. The third kappa shape index (κ3) is 4.67. The lowest BCUT2D eigenvalue weighted by atomic mass is 9.95. The molecule has 2 aromatic rings. The summed E-state index contributed by atoms with van der Waals surface area (Å²) in [5.41, 5.74) is 2.18. The molecule has 3 rings (SSSR count). The van der Waals surface area contributed by atoms with Gasteiger partial charge in [0, 0.05) is 11.5 Å². The smallest absolute Gasteiger partial charge is 0.224 e. The van der Waals surface area contributed by atoms with Crippen LogP contribution in [0.2, 0.25) is 0 Å². The number of hydrogen-bond donors (Lipinski definition) is 1. The molecule has 4 nitrogen and oxygen atoms in total. The summed E-state index contributed by atoms with van der Waals surface area (Å²) >= 11 is 0. The molecule has 0 bridgehead atoms. The van der Waals surface area contributed by atoms with Gasteiger partial charge in [0.2, 0.25) is 5.91 Å². The van der Waals surface area contributed by atoms with Crippen LogP contribution in [-0.4, -0.2) is 19.6 Å². The van der Waals surface area contributed by atoms with Gasteiger partial charge < -0.3 is 14.8 Å². The number of carbonyl (C=O) groups is 1. The van der Waals surface area contributed by atoms with Crippen molar-refractivity contribution in [2.45, 2.75) is 45.6 Å². The van der Waals surface area contributed by atoms with E-state index in [1.807, 2.05) is 43.3 Å². The summed E-state index contributed by atoms with van der Waals surface area (Å²) in [6.45, 7) is 6.95. The summed E-state index contributed by atoms with van der Waals surface area (Å²) in [6.07, 6.45) is 1.75. The Labute approximate surface area is 168 Å². The molecule has 0 radical (unpaired) electrons. The highest BCUT2D eigenvalue weighted by Gasteiger charge is 2.45. The monoisotopic (exact) mass is 381 g/mol. The summed E-state index contributed by atoms with van der Waals surface area (Å²) in [7, 11) is 1.68. The van der Waals surface area contributed by atoms with Gasteiger partial charge in [-0.25, -0.2) is 0 Å². The standard InChI is InChI=1S/C24H31NO3/c1-5-28-23-13-9-7-11-18(23)21(14-16(2)3)25-24(26)20-15-19(20)17-10-6-8-12-22(17)27-4/h6-13,16,19-21H,5,14-15H2,1-4H3,(H,25,26)/t19-,20-,21-/m0/s1.